The number of nitrogens with zero attached hydrogens (tertiary/aromatic N) is 3. The maximum absolute atomic E-state index is 13.3. The first-order valence-corrected chi connectivity index (χ1v) is 16.9. The Kier molecular flexibility index (Phi) is 10.3. The number of para-hydroxylation sites is 1. The molecule has 0 aliphatic rings. The third-order valence-electron chi connectivity index (χ3n) is 7.64. The number of aryl methyl sites for hydroxylation is 3. The van der Waals surface area contributed by atoms with E-state index in [9.17, 15) is 22.4 Å². The quantitative estimate of drug-likeness (QED) is 0.148. The number of nitrogens with one attached hydrogen (secondary N) is 3. The highest BCUT2D eigenvalue weighted by atomic mass is 35.5. The minimum atomic E-state index is -4.12. The predicted molar refractivity (Wildman–Crippen MR) is 177 cm³/mol. The summed E-state index contributed by atoms with van der Waals surface area (Å²) < 4.78 is 48.5. The van der Waals surface area contributed by atoms with Crippen molar-refractivity contribution in [2.75, 3.05) is 18.9 Å². The Morgan fingerprint density at radius 2 is 1.72 bits per heavy atom. The topological polar surface area (TPSA) is 148 Å². The maximum Gasteiger partial charge on any atom is 0.281 e. The van der Waals surface area contributed by atoms with Crippen LogP contribution >= 0.6 is 11.6 Å². The Balaban J connectivity index is 1.17. The van der Waals surface area contributed by atoms with Crippen LogP contribution in [-0.4, -0.2) is 59.1 Å². The number of ether oxygens (including phenoxy) is 1. The highest BCUT2D eigenvalue weighted by Crippen LogP contribution is 2.27. The molecule has 0 unspecified atom stereocenters. The van der Waals surface area contributed by atoms with Gasteiger partial charge in [0.25, 0.3) is 11.8 Å². The van der Waals surface area contributed by atoms with Crippen molar-refractivity contribution < 1.29 is 27.1 Å². The molecule has 2 aromatic heterocycles. The highest BCUT2D eigenvalue weighted by Gasteiger charge is 2.23. The van der Waals surface area contributed by atoms with Gasteiger partial charge in [-0.15, -0.1) is 5.10 Å². The van der Waals surface area contributed by atoms with Crippen LogP contribution in [0.25, 0.3) is 10.9 Å². The van der Waals surface area contributed by atoms with E-state index in [4.69, 9.17) is 16.3 Å². The number of hydrogen-bond donors (Lipinski definition) is 3. The fourth-order valence-electron chi connectivity index (χ4n) is 5.19. The number of rotatable bonds is 13. The summed E-state index contributed by atoms with van der Waals surface area (Å²) in [5.74, 6) is -1.62. The molecule has 2 heterocycles. The molecule has 0 fully saturated rings. The van der Waals surface area contributed by atoms with Gasteiger partial charge in [-0.3, -0.25) is 9.59 Å². The van der Waals surface area contributed by atoms with Gasteiger partial charge >= 0.3 is 0 Å². The Bertz CT molecular complexity index is 2020. The molecule has 0 spiro atoms. The lowest BCUT2D eigenvalue weighted by atomic mass is 10.1. The van der Waals surface area contributed by atoms with Crippen LogP contribution in [0.4, 0.5) is 4.39 Å². The first-order chi connectivity index (χ1) is 22.4. The van der Waals surface area contributed by atoms with Crippen molar-refractivity contribution in [2.24, 2.45) is 0 Å². The number of carbonyl (C=O) groups is 2. The summed E-state index contributed by atoms with van der Waals surface area (Å²) in [6, 6.07) is 16.9. The molecule has 5 rings (SSSR count). The van der Waals surface area contributed by atoms with Gasteiger partial charge in [-0.25, -0.2) is 22.2 Å². The number of amides is 2. The molecule has 0 aliphatic heterocycles. The van der Waals surface area contributed by atoms with E-state index in [1.54, 1.807) is 19.1 Å². The van der Waals surface area contributed by atoms with Crippen LogP contribution in [0.3, 0.4) is 0 Å². The molecule has 0 saturated carbocycles. The van der Waals surface area contributed by atoms with Gasteiger partial charge in [0.1, 0.15) is 17.3 Å². The minimum absolute atomic E-state index is 0.0292. The Hall–Kier alpha value is -4.75. The summed E-state index contributed by atoms with van der Waals surface area (Å²) in [6.45, 7) is 5.85. The third-order valence-corrected chi connectivity index (χ3v) is 9.47. The van der Waals surface area contributed by atoms with Gasteiger partial charge in [0.05, 0.1) is 24.6 Å². The third kappa shape index (κ3) is 8.16. The Labute approximate surface area is 276 Å². The lowest BCUT2D eigenvalue weighted by molar-refractivity contribution is 0.0949. The highest BCUT2D eigenvalue weighted by molar-refractivity contribution is 7.90. The van der Waals surface area contributed by atoms with Gasteiger partial charge in [-0.1, -0.05) is 47.1 Å². The van der Waals surface area contributed by atoms with Crippen LogP contribution in [-0.2, 0) is 23.0 Å². The lowest BCUT2D eigenvalue weighted by Crippen LogP contribution is -2.38. The molecule has 3 aromatic carbocycles. The SMILES string of the molecule is Cc1cc(OCCCc2c(C(=O)NS(=O)(=O)CCNC(=O)c3nnn(Cc4ccc(F)cc4)c3C)[nH]c3ccccc23)cc(C)c1Cl. The van der Waals surface area contributed by atoms with E-state index in [1.807, 2.05) is 50.2 Å². The largest absolute Gasteiger partial charge is 0.494 e. The van der Waals surface area contributed by atoms with Crippen molar-refractivity contribution in [1.82, 2.24) is 30.0 Å². The molecule has 0 bridgehead atoms. The van der Waals surface area contributed by atoms with Crippen molar-refractivity contribution in [3.05, 3.63) is 111 Å². The molecule has 0 atom stereocenters. The molecular formula is C33H34ClFN6O5S. The molecule has 246 valence electrons. The van der Waals surface area contributed by atoms with E-state index in [1.165, 1.54) is 16.8 Å². The molecule has 11 nitrogen and oxygen atoms in total. The molecule has 0 aliphatic carbocycles. The zero-order valence-corrected chi connectivity index (χ0v) is 27.6. The number of benzene rings is 3. The summed E-state index contributed by atoms with van der Waals surface area (Å²) in [5.41, 5.74) is 4.60. The fraction of sp³-hybridized carbons (Fsp3) is 0.273. The second kappa shape index (κ2) is 14.3. The molecule has 14 heteroatoms. The number of carbonyl (C=O) groups excluding carboxylic acids is 2. The second-order valence-electron chi connectivity index (χ2n) is 11.2. The van der Waals surface area contributed by atoms with Crippen molar-refractivity contribution in [3.63, 3.8) is 0 Å². The van der Waals surface area contributed by atoms with Crippen LogP contribution < -0.4 is 14.8 Å². The van der Waals surface area contributed by atoms with Crippen LogP contribution in [0, 0.1) is 26.6 Å². The first kappa shape index (κ1) is 33.6. The van der Waals surface area contributed by atoms with Gasteiger partial charge < -0.3 is 15.0 Å². The van der Waals surface area contributed by atoms with Crippen LogP contribution in [0.1, 0.15) is 55.3 Å². The number of aromatic amines is 1. The average Bonchev–Trinajstić information content (AvgIpc) is 3.59. The number of fused-ring (bicyclic) bond motifs is 1. The van der Waals surface area contributed by atoms with Crippen molar-refractivity contribution in [2.45, 2.75) is 40.2 Å². The van der Waals surface area contributed by atoms with E-state index >= 15 is 0 Å². The summed E-state index contributed by atoms with van der Waals surface area (Å²) in [5, 5.41) is 11.9. The molecule has 0 saturated heterocycles. The number of aromatic nitrogens is 4. The number of H-pyrrole nitrogens is 1. The predicted octanol–water partition coefficient (Wildman–Crippen LogP) is 5.03. The molecular weight excluding hydrogens is 647 g/mol. The van der Waals surface area contributed by atoms with Gasteiger partial charge in [0.15, 0.2) is 5.69 Å². The molecule has 0 radical (unpaired) electrons. The smallest absolute Gasteiger partial charge is 0.281 e. The molecule has 5 aromatic rings. The fourth-order valence-corrected chi connectivity index (χ4v) is 6.16. The zero-order valence-electron chi connectivity index (χ0n) is 26.1. The monoisotopic (exact) mass is 680 g/mol. The van der Waals surface area contributed by atoms with Gasteiger partial charge in [-0.2, -0.15) is 0 Å². The second-order valence-corrected chi connectivity index (χ2v) is 13.4. The standard InChI is InChI=1S/C33H34ClFN6O5S/c1-20-17-25(18-21(2)29(20)34)46-15-6-8-27-26-7-4-5-9-28(26)37-31(27)33(43)39-47(44,45)16-14-36-32(42)30-22(3)41(40-38-30)19-23-10-12-24(35)13-11-23/h4-5,7,9-13,17-18,37H,6,8,14-16,19H2,1-3H3,(H,36,42)(H,39,43). The number of hydrogen-bond acceptors (Lipinski definition) is 7. The van der Waals surface area contributed by atoms with Crippen LogP contribution in [0.2, 0.25) is 5.02 Å². The Morgan fingerprint density at radius 3 is 2.45 bits per heavy atom. The normalized spacial score (nSPS) is 11.5. The summed E-state index contributed by atoms with van der Waals surface area (Å²) in [4.78, 5) is 29.0. The first-order valence-electron chi connectivity index (χ1n) is 14.9. The van der Waals surface area contributed by atoms with Crippen LogP contribution in [0.15, 0.2) is 60.7 Å². The average molecular weight is 681 g/mol. The summed E-state index contributed by atoms with van der Waals surface area (Å²) in [7, 11) is -4.12. The van der Waals surface area contributed by atoms with Gasteiger partial charge in [0.2, 0.25) is 10.0 Å². The molecule has 2 amide bonds. The Morgan fingerprint density at radius 1 is 1.02 bits per heavy atom. The van der Waals surface area contributed by atoms with E-state index < -0.39 is 27.6 Å². The van der Waals surface area contributed by atoms with Crippen molar-refractivity contribution in [1.29, 1.82) is 0 Å². The number of sulfonamides is 1. The van der Waals surface area contributed by atoms with Gasteiger partial charge in [-0.05, 0) is 86.2 Å². The summed E-state index contributed by atoms with van der Waals surface area (Å²) in [6.07, 6.45) is 1.02. The van der Waals surface area contributed by atoms with Gasteiger partial charge in [0, 0.05) is 22.5 Å². The number of halogens is 2. The van der Waals surface area contributed by atoms with Crippen molar-refractivity contribution in [3.8, 4) is 5.75 Å². The van der Waals surface area contributed by atoms with E-state index in [-0.39, 0.29) is 30.3 Å². The van der Waals surface area contributed by atoms with E-state index in [2.05, 4.69) is 25.3 Å². The van der Waals surface area contributed by atoms with Crippen LogP contribution in [0.5, 0.6) is 5.75 Å². The minimum Gasteiger partial charge on any atom is -0.494 e. The van der Waals surface area contributed by atoms with Crippen molar-refractivity contribution >= 4 is 44.3 Å². The van der Waals surface area contributed by atoms with E-state index in [0.29, 0.717) is 47.0 Å². The molecule has 47 heavy (non-hydrogen) atoms. The molecule has 3 N–H and O–H groups in total. The van der Waals surface area contributed by atoms with E-state index in [0.717, 1.165) is 22.1 Å². The zero-order chi connectivity index (χ0) is 33.7. The maximum atomic E-state index is 13.3. The summed E-state index contributed by atoms with van der Waals surface area (Å²) >= 11 is 6.25. The lowest BCUT2D eigenvalue weighted by Gasteiger charge is -2.11.